The Bertz CT molecular complexity index is 150. The molecule has 0 saturated carbocycles. The van der Waals surface area contributed by atoms with Gasteiger partial charge in [-0.1, -0.05) is 6.92 Å². The Morgan fingerprint density at radius 2 is 2.08 bits per heavy atom. The molecule has 1 aliphatic heterocycles. The van der Waals surface area contributed by atoms with Gasteiger partial charge in [0.2, 0.25) is 0 Å². The van der Waals surface area contributed by atoms with Gasteiger partial charge in [-0.15, -0.1) is 0 Å². The van der Waals surface area contributed by atoms with Crippen LogP contribution in [-0.2, 0) is 14.3 Å². The van der Waals surface area contributed by atoms with Crippen LogP contribution in [0.4, 0.5) is 0 Å². The lowest BCUT2D eigenvalue weighted by molar-refractivity contribution is -0.183. The zero-order valence-corrected chi connectivity index (χ0v) is 7.71. The minimum absolute atomic E-state index is 0.192. The second-order valence-electron chi connectivity index (χ2n) is 3.22. The Labute approximate surface area is 73.0 Å². The van der Waals surface area contributed by atoms with Crippen LogP contribution in [0.15, 0.2) is 0 Å². The van der Waals surface area contributed by atoms with E-state index in [4.69, 9.17) is 9.47 Å². The molecule has 0 aromatic carbocycles. The van der Waals surface area contributed by atoms with E-state index in [1.807, 2.05) is 13.8 Å². The average molecular weight is 172 g/mol. The van der Waals surface area contributed by atoms with Gasteiger partial charge in [0.1, 0.15) is 6.29 Å². The van der Waals surface area contributed by atoms with Crippen molar-refractivity contribution >= 4 is 6.29 Å². The molecule has 1 fully saturated rings. The van der Waals surface area contributed by atoms with Crippen molar-refractivity contribution in [3.05, 3.63) is 0 Å². The lowest BCUT2D eigenvalue weighted by Gasteiger charge is -2.30. The van der Waals surface area contributed by atoms with Crippen LogP contribution in [0.2, 0.25) is 0 Å². The third-order valence-electron chi connectivity index (χ3n) is 2.48. The predicted octanol–water partition coefficient (Wildman–Crippen LogP) is 1.36. The first-order chi connectivity index (χ1) is 5.73. The lowest BCUT2D eigenvalue weighted by atomic mass is 9.94. The number of carbonyl (C=O) groups is 1. The summed E-state index contributed by atoms with van der Waals surface area (Å²) in [7, 11) is 0. The number of aldehydes is 1. The number of rotatable bonds is 4. The number of ether oxygens (including phenoxy) is 2. The van der Waals surface area contributed by atoms with E-state index >= 15 is 0 Å². The van der Waals surface area contributed by atoms with Crippen LogP contribution in [-0.4, -0.2) is 25.3 Å². The first-order valence-corrected chi connectivity index (χ1v) is 4.44. The van der Waals surface area contributed by atoms with E-state index in [9.17, 15) is 4.79 Å². The Hall–Kier alpha value is -0.410. The standard InChI is InChI=1S/C9H16O3/c1-3-8(4-5-10)9(2)11-6-7-12-9/h5,8H,3-4,6-7H2,1-2H3/t8-/m1/s1. The summed E-state index contributed by atoms with van der Waals surface area (Å²) in [5.41, 5.74) is 0. The normalized spacial score (nSPS) is 23.8. The van der Waals surface area contributed by atoms with Gasteiger partial charge in [-0.2, -0.15) is 0 Å². The lowest BCUT2D eigenvalue weighted by Crippen LogP contribution is -2.35. The minimum Gasteiger partial charge on any atom is -0.348 e. The van der Waals surface area contributed by atoms with E-state index < -0.39 is 5.79 Å². The van der Waals surface area contributed by atoms with Gasteiger partial charge in [0.15, 0.2) is 5.79 Å². The summed E-state index contributed by atoms with van der Waals surface area (Å²) >= 11 is 0. The quantitative estimate of drug-likeness (QED) is 0.601. The van der Waals surface area contributed by atoms with E-state index in [1.54, 1.807) is 0 Å². The van der Waals surface area contributed by atoms with Crippen molar-refractivity contribution in [2.75, 3.05) is 13.2 Å². The van der Waals surface area contributed by atoms with Crippen molar-refractivity contribution < 1.29 is 14.3 Å². The molecule has 0 N–H and O–H groups in total. The van der Waals surface area contributed by atoms with E-state index in [-0.39, 0.29) is 5.92 Å². The highest BCUT2D eigenvalue weighted by Crippen LogP contribution is 2.31. The fourth-order valence-electron chi connectivity index (χ4n) is 1.63. The maximum Gasteiger partial charge on any atom is 0.168 e. The van der Waals surface area contributed by atoms with E-state index in [0.29, 0.717) is 19.6 Å². The summed E-state index contributed by atoms with van der Waals surface area (Å²) in [5, 5.41) is 0. The number of hydrogen-bond donors (Lipinski definition) is 0. The molecule has 1 heterocycles. The molecule has 1 aliphatic rings. The highest BCUT2D eigenvalue weighted by atomic mass is 16.7. The van der Waals surface area contributed by atoms with Crippen LogP contribution in [0.5, 0.6) is 0 Å². The van der Waals surface area contributed by atoms with Crippen molar-refractivity contribution in [2.24, 2.45) is 5.92 Å². The molecule has 1 rings (SSSR count). The molecule has 0 bridgehead atoms. The molecule has 1 atom stereocenters. The molecule has 0 spiro atoms. The Morgan fingerprint density at radius 3 is 2.50 bits per heavy atom. The second kappa shape index (κ2) is 4.01. The topological polar surface area (TPSA) is 35.5 Å². The van der Waals surface area contributed by atoms with Gasteiger partial charge in [0.25, 0.3) is 0 Å². The molecule has 3 nitrogen and oxygen atoms in total. The van der Waals surface area contributed by atoms with Crippen molar-refractivity contribution in [1.29, 1.82) is 0 Å². The van der Waals surface area contributed by atoms with Crippen LogP contribution >= 0.6 is 0 Å². The predicted molar refractivity (Wildman–Crippen MR) is 44.8 cm³/mol. The number of carbonyl (C=O) groups excluding carboxylic acids is 1. The first-order valence-electron chi connectivity index (χ1n) is 4.44. The SMILES string of the molecule is CC[C@H](CC=O)C1(C)OCCO1. The van der Waals surface area contributed by atoms with E-state index in [0.717, 1.165) is 12.7 Å². The largest absolute Gasteiger partial charge is 0.348 e. The zero-order chi connectivity index (χ0) is 9.03. The van der Waals surface area contributed by atoms with Crippen LogP contribution < -0.4 is 0 Å². The summed E-state index contributed by atoms with van der Waals surface area (Å²) in [6.45, 7) is 5.25. The van der Waals surface area contributed by atoms with Crippen molar-refractivity contribution in [1.82, 2.24) is 0 Å². The van der Waals surface area contributed by atoms with Gasteiger partial charge >= 0.3 is 0 Å². The summed E-state index contributed by atoms with van der Waals surface area (Å²) in [5.74, 6) is -0.326. The molecule has 0 radical (unpaired) electrons. The van der Waals surface area contributed by atoms with Crippen LogP contribution in [0, 0.1) is 5.92 Å². The molecule has 0 amide bonds. The van der Waals surface area contributed by atoms with Crippen molar-refractivity contribution in [3.63, 3.8) is 0 Å². The molecule has 0 aromatic heterocycles. The summed E-state index contributed by atoms with van der Waals surface area (Å²) < 4.78 is 10.9. The van der Waals surface area contributed by atoms with Gasteiger partial charge in [-0.05, 0) is 13.3 Å². The summed E-state index contributed by atoms with van der Waals surface area (Å²) in [4.78, 5) is 10.4. The highest BCUT2D eigenvalue weighted by molar-refractivity contribution is 5.49. The fraction of sp³-hybridized carbons (Fsp3) is 0.889. The highest BCUT2D eigenvalue weighted by Gasteiger charge is 2.38. The van der Waals surface area contributed by atoms with E-state index in [2.05, 4.69) is 0 Å². The maximum absolute atomic E-state index is 10.4. The van der Waals surface area contributed by atoms with Crippen LogP contribution in [0.1, 0.15) is 26.7 Å². The van der Waals surface area contributed by atoms with E-state index in [1.165, 1.54) is 0 Å². The third-order valence-corrected chi connectivity index (χ3v) is 2.48. The molecular weight excluding hydrogens is 156 g/mol. The number of hydrogen-bond acceptors (Lipinski definition) is 3. The van der Waals surface area contributed by atoms with Gasteiger partial charge < -0.3 is 14.3 Å². The van der Waals surface area contributed by atoms with Crippen LogP contribution in [0.25, 0.3) is 0 Å². The molecule has 3 heteroatoms. The molecule has 0 unspecified atom stereocenters. The van der Waals surface area contributed by atoms with Gasteiger partial charge in [-0.3, -0.25) is 0 Å². The first kappa shape index (κ1) is 9.68. The summed E-state index contributed by atoms with van der Waals surface area (Å²) in [6.07, 6.45) is 2.37. The van der Waals surface area contributed by atoms with Gasteiger partial charge in [-0.25, -0.2) is 0 Å². The van der Waals surface area contributed by atoms with Crippen molar-refractivity contribution in [3.8, 4) is 0 Å². The second-order valence-corrected chi connectivity index (χ2v) is 3.22. The molecule has 0 aromatic rings. The Morgan fingerprint density at radius 1 is 1.50 bits per heavy atom. The molecule has 12 heavy (non-hydrogen) atoms. The Kier molecular flexibility index (Phi) is 3.23. The zero-order valence-electron chi connectivity index (χ0n) is 7.71. The molecule has 70 valence electrons. The molecule has 0 aliphatic carbocycles. The summed E-state index contributed by atoms with van der Waals surface area (Å²) in [6, 6.07) is 0. The van der Waals surface area contributed by atoms with Gasteiger partial charge in [0, 0.05) is 12.3 Å². The van der Waals surface area contributed by atoms with Crippen molar-refractivity contribution in [2.45, 2.75) is 32.5 Å². The maximum atomic E-state index is 10.4. The minimum atomic E-state index is -0.518. The fourth-order valence-corrected chi connectivity index (χ4v) is 1.63. The van der Waals surface area contributed by atoms with Crippen LogP contribution in [0.3, 0.4) is 0 Å². The smallest absolute Gasteiger partial charge is 0.168 e. The Balaban J connectivity index is 2.55. The molecule has 1 saturated heterocycles. The van der Waals surface area contributed by atoms with Gasteiger partial charge in [0.05, 0.1) is 13.2 Å². The average Bonchev–Trinajstić information content (AvgIpc) is 2.49. The monoisotopic (exact) mass is 172 g/mol. The molecular formula is C9H16O3. The third kappa shape index (κ3) is 1.84.